The molecule has 1 saturated heterocycles. The average molecular weight is 337 g/mol. The molecule has 3 rings (SSSR count). The SMILES string of the molecule is N=C(N)CC(=O)CCc1cccc(-c2cnc(N3CCCC3)nc2)c1. The van der Waals surface area contributed by atoms with E-state index in [9.17, 15) is 4.79 Å². The summed E-state index contributed by atoms with van der Waals surface area (Å²) in [7, 11) is 0. The normalized spacial score (nSPS) is 13.8. The number of carbonyl (C=O) groups excluding carboxylic acids is 1. The summed E-state index contributed by atoms with van der Waals surface area (Å²) in [5, 5.41) is 7.17. The Balaban J connectivity index is 1.66. The van der Waals surface area contributed by atoms with Crippen LogP contribution in [0.4, 0.5) is 5.95 Å². The van der Waals surface area contributed by atoms with E-state index in [1.165, 1.54) is 12.8 Å². The van der Waals surface area contributed by atoms with Crippen molar-refractivity contribution in [1.82, 2.24) is 9.97 Å². The summed E-state index contributed by atoms with van der Waals surface area (Å²) in [6.45, 7) is 2.06. The van der Waals surface area contributed by atoms with Gasteiger partial charge < -0.3 is 10.6 Å². The second-order valence-electron chi connectivity index (χ2n) is 6.41. The van der Waals surface area contributed by atoms with Gasteiger partial charge in [0.2, 0.25) is 5.95 Å². The van der Waals surface area contributed by atoms with Gasteiger partial charge in [-0.3, -0.25) is 10.2 Å². The summed E-state index contributed by atoms with van der Waals surface area (Å²) in [4.78, 5) is 22.9. The fourth-order valence-corrected chi connectivity index (χ4v) is 3.04. The van der Waals surface area contributed by atoms with E-state index < -0.39 is 0 Å². The van der Waals surface area contributed by atoms with Crippen molar-refractivity contribution in [2.24, 2.45) is 5.73 Å². The average Bonchev–Trinajstić information content (AvgIpc) is 3.14. The monoisotopic (exact) mass is 337 g/mol. The third-order valence-electron chi connectivity index (χ3n) is 4.37. The highest BCUT2D eigenvalue weighted by molar-refractivity contribution is 5.98. The summed E-state index contributed by atoms with van der Waals surface area (Å²) in [5.41, 5.74) is 8.36. The first-order valence-corrected chi connectivity index (χ1v) is 8.63. The molecule has 1 aromatic carbocycles. The Morgan fingerprint density at radius 1 is 1.16 bits per heavy atom. The van der Waals surface area contributed by atoms with Gasteiger partial charge in [0.1, 0.15) is 5.78 Å². The van der Waals surface area contributed by atoms with Crippen LogP contribution in [-0.2, 0) is 11.2 Å². The van der Waals surface area contributed by atoms with E-state index >= 15 is 0 Å². The lowest BCUT2D eigenvalue weighted by molar-refractivity contribution is -0.117. The van der Waals surface area contributed by atoms with E-state index in [1.54, 1.807) is 0 Å². The van der Waals surface area contributed by atoms with E-state index in [2.05, 4.69) is 20.9 Å². The van der Waals surface area contributed by atoms with Gasteiger partial charge in [0.05, 0.1) is 12.3 Å². The zero-order valence-corrected chi connectivity index (χ0v) is 14.2. The van der Waals surface area contributed by atoms with Crippen molar-refractivity contribution in [1.29, 1.82) is 5.41 Å². The number of aromatic nitrogens is 2. The summed E-state index contributed by atoms with van der Waals surface area (Å²) in [6.07, 6.45) is 7.21. The topological polar surface area (TPSA) is 96.0 Å². The molecule has 6 nitrogen and oxygen atoms in total. The lowest BCUT2D eigenvalue weighted by Gasteiger charge is -2.14. The number of ketones is 1. The van der Waals surface area contributed by atoms with Crippen LogP contribution in [-0.4, -0.2) is 34.7 Å². The zero-order valence-electron chi connectivity index (χ0n) is 14.2. The second kappa shape index (κ2) is 7.88. The van der Waals surface area contributed by atoms with E-state index in [0.717, 1.165) is 35.7 Å². The van der Waals surface area contributed by atoms with Crippen LogP contribution in [0, 0.1) is 5.41 Å². The molecule has 1 aliphatic rings. The molecule has 130 valence electrons. The van der Waals surface area contributed by atoms with E-state index in [0.29, 0.717) is 12.8 Å². The Morgan fingerprint density at radius 2 is 1.88 bits per heavy atom. The van der Waals surface area contributed by atoms with Crippen molar-refractivity contribution in [2.45, 2.75) is 32.1 Å². The molecule has 1 fully saturated rings. The molecule has 0 unspecified atom stereocenters. The Labute approximate surface area is 147 Å². The zero-order chi connectivity index (χ0) is 17.6. The highest BCUT2D eigenvalue weighted by Gasteiger charge is 2.14. The maximum atomic E-state index is 11.7. The van der Waals surface area contributed by atoms with Crippen molar-refractivity contribution >= 4 is 17.6 Å². The van der Waals surface area contributed by atoms with Gasteiger partial charge in [-0.2, -0.15) is 0 Å². The van der Waals surface area contributed by atoms with Gasteiger partial charge in [-0.15, -0.1) is 0 Å². The highest BCUT2D eigenvalue weighted by Crippen LogP contribution is 2.22. The maximum Gasteiger partial charge on any atom is 0.225 e. The largest absolute Gasteiger partial charge is 0.387 e. The van der Waals surface area contributed by atoms with Gasteiger partial charge in [0.25, 0.3) is 0 Å². The van der Waals surface area contributed by atoms with Gasteiger partial charge in [-0.05, 0) is 30.4 Å². The predicted molar refractivity (Wildman–Crippen MR) is 98.8 cm³/mol. The highest BCUT2D eigenvalue weighted by atomic mass is 16.1. The molecule has 0 saturated carbocycles. The fraction of sp³-hybridized carbons (Fsp3) is 0.368. The first-order valence-electron chi connectivity index (χ1n) is 8.63. The van der Waals surface area contributed by atoms with E-state index in [1.807, 2.05) is 30.6 Å². The molecule has 2 aromatic rings. The minimum Gasteiger partial charge on any atom is -0.387 e. The fourth-order valence-electron chi connectivity index (χ4n) is 3.04. The number of carbonyl (C=O) groups is 1. The number of benzene rings is 1. The molecule has 25 heavy (non-hydrogen) atoms. The summed E-state index contributed by atoms with van der Waals surface area (Å²) >= 11 is 0. The minimum absolute atomic E-state index is 0.00352. The smallest absolute Gasteiger partial charge is 0.225 e. The number of aryl methyl sites for hydroxylation is 1. The molecule has 1 aliphatic heterocycles. The Bertz CT molecular complexity index is 751. The van der Waals surface area contributed by atoms with Gasteiger partial charge in [0, 0.05) is 37.5 Å². The molecule has 0 amide bonds. The Kier molecular flexibility index (Phi) is 5.38. The molecule has 0 radical (unpaired) electrons. The summed E-state index contributed by atoms with van der Waals surface area (Å²) in [6, 6.07) is 8.07. The number of nitrogens with zero attached hydrogens (tertiary/aromatic N) is 3. The molecule has 0 atom stereocenters. The summed E-state index contributed by atoms with van der Waals surface area (Å²) in [5.74, 6) is 0.720. The van der Waals surface area contributed by atoms with Gasteiger partial charge >= 0.3 is 0 Å². The molecule has 0 bridgehead atoms. The first kappa shape index (κ1) is 17.1. The standard InChI is InChI=1S/C19H23N5O/c20-18(21)11-17(25)7-6-14-4-3-5-15(10-14)16-12-22-19(23-13-16)24-8-1-2-9-24/h3-5,10,12-13H,1-2,6-9,11H2,(H3,20,21). The van der Waals surface area contributed by atoms with Crippen molar-refractivity contribution < 1.29 is 4.79 Å². The molecule has 3 N–H and O–H groups in total. The summed E-state index contributed by atoms with van der Waals surface area (Å²) < 4.78 is 0. The third-order valence-corrected chi connectivity index (χ3v) is 4.37. The lowest BCUT2D eigenvalue weighted by atomic mass is 10.0. The molecule has 0 spiro atoms. The lowest BCUT2D eigenvalue weighted by Crippen LogP contribution is -2.20. The number of rotatable bonds is 7. The number of amidine groups is 1. The number of nitrogens with two attached hydrogens (primary N) is 1. The molecule has 0 aliphatic carbocycles. The number of hydrogen-bond donors (Lipinski definition) is 2. The predicted octanol–water partition coefficient (Wildman–Crippen LogP) is 2.57. The Hall–Kier alpha value is -2.76. The van der Waals surface area contributed by atoms with E-state index in [4.69, 9.17) is 11.1 Å². The van der Waals surface area contributed by atoms with E-state index in [-0.39, 0.29) is 18.0 Å². The van der Waals surface area contributed by atoms with Gasteiger partial charge in [-0.25, -0.2) is 9.97 Å². The quantitative estimate of drug-likeness (QED) is 0.598. The molecular formula is C19H23N5O. The molecule has 1 aromatic heterocycles. The van der Waals surface area contributed by atoms with Gasteiger partial charge in [0.15, 0.2) is 0 Å². The van der Waals surface area contributed by atoms with Crippen LogP contribution in [0.15, 0.2) is 36.7 Å². The van der Waals surface area contributed by atoms with Crippen LogP contribution in [0.2, 0.25) is 0 Å². The Morgan fingerprint density at radius 3 is 2.56 bits per heavy atom. The molecular weight excluding hydrogens is 314 g/mol. The number of hydrogen-bond acceptors (Lipinski definition) is 5. The number of anilines is 1. The first-order chi connectivity index (χ1) is 12.1. The van der Waals surface area contributed by atoms with Crippen LogP contribution in [0.25, 0.3) is 11.1 Å². The van der Waals surface area contributed by atoms with Crippen LogP contribution >= 0.6 is 0 Å². The van der Waals surface area contributed by atoms with Crippen molar-refractivity contribution in [3.05, 3.63) is 42.2 Å². The van der Waals surface area contributed by atoms with Crippen molar-refractivity contribution in [3.63, 3.8) is 0 Å². The van der Waals surface area contributed by atoms with Crippen molar-refractivity contribution in [2.75, 3.05) is 18.0 Å². The van der Waals surface area contributed by atoms with Crippen LogP contribution in [0.1, 0.15) is 31.2 Å². The second-order valence-corrected chi connectivity index (χ2v) is 6.41. The van der Waals surface area contributed by atoms with Crippen LogP contribution in [0.5, 0.6) is 0 Å². The molecule has 6 heteroatoms. The van der Waals surface area contributed by atoms with Gasteiger partial charge in [-0.1, -0.05) is 24.3 Å². The number of Topliss-reactive ketones (excluding diaryl/α,β-unsaturated/α-hetero) is 1. The minimum atomic E-state index is -0.0750. The van der Waals surface area contributed by atoms with Crippen LogP contribution < -0.4 is 10.6 Å². The van der Waals surface area contributed by atoms with Crippen LogP contribution in [0.3, 0.4) is 0 Å². The van der Waals surface area contributed by atoms with Crippen molar-refractivity contribution in [3.8, 4) is 11.1 Å². The number of nitrogens with one attached hydrogen (secondary N) is 1. The molecule has 2 heterocycles. The maximum absolute atomic E-state index is 11.7. The third kappa shape index (κ3) is 4.62.